The van der Waals surface area contributed by atoms with Gasteiger partial charge in [0, 0.05) is 25.4 Å². The molecule has 0 saturated heterocycles. The summed E-state index contributed by atoms with van der Waals surface area (Å²) in [6.07, 6.45) is 2.72. The highest BCUT2D eigenvalue weighted by molar-refractivity contribution is 5.78. The molecule has 1 aliphatic rings. The van der Waals surface area contributed by atoms with E-state index in [1.54, 1.807) is 4.57 Å². The Kier molecular flexibility index (Phi) is 6.38. The highest BCUT2D eigenvalue weighted by Gasteiger charge is 2.28. The molecule has 6 nitrogen and oxygen atoms in total. The van der Waals surface area contributed by atoms with Gasteiger partial charge in [-0.1, -0.05) is 54.6 Å². The molecule has 1 saturated carbocycles. The van der Waals surface area contributed by atoms with Crippen LogP contribution in [0.4, 0.5) is 0 Å². The standard InChI is InChI=1S/C28H27N3O3/c32-27(29-18-20-10-12-21(13-11-20)19-34-23-6-2-1-3-7-23)17-16-26-30-25-9-5-4-8-24(25)28(33)31(26)22-14-15-22/h1-13,22H,14-19H2,(H,29,32). The van der Waals surface area contributed by atoms with Gasteiger partial charge in [0.1, 0.15) is 18.2 Å². The Morgan fingerprint density at radius 1 is 0.941 bits per heavy atom. The fraction of sp³-hybridized carbons (Fsp3) is 0.250. The second kappa shape index (κ2) is 9.91. The van der Waals surface area contributed by atoms with Crippen LogP contribution in [-0.4, -0.2) is 15.5 Å². The molecule has 1 heterocycles. The Bertz CT molecular complexity index is 1340. The smallest absolute Gasteiger partial charge is 0.261 e. The molecule has 34 heavy (non-hydrogen) atoms. The molecular formula is C28H27N3O3. The maximum Gasteiger partial charge on any atom is 0.261 e. The van der Waals surface area contributed by atoms with E-state index in [0.29, 0.717) is 42.7 Å². The number of carbonyl (C=O) groups is 1. The predicted molar refractivity (Wildman–Crippen MR) is 132 cm³/mol. The zero-order valence-electron chi connectivity index (χ0n) is 18.9. The topological polar surface area (TPSA) is 73.2 Å². The number of ether oxygens (including phenoxy) is 1. The molecule has 1 aliphatic carbocycles. The number of nitrogens with one attached hydrogen (secondary N) is 1. The van der Waals surface area contributed by atoms with E-state index in [4.69, 9.17) is 9.72 Å². The maximum atomic E-state index is 13.0. The molecule has 1 N–H and O–H groups in total. The number of hydrogen-bond acceptors (Lipinski definition) is 4. The summed E-state index contributed by atoms with van der Waals surface area (Å²) < 4.78 is 7.57. The fourth-order valence-electron chi connectivity index (χ4n) is 4.03. The molecule has 0 unspecified atom stereocenters. The number of carbonyl (C=O) groups excluding carboxylic acids is 1. The second-order valence-electron chi connectivity index (χ2n) is 8.65. The monoisotopic (exact) mass is 453 g/mol. The molecule has 3 aromatic carbocycles. The summed E-state index contributed by atoms with van der Waals surface area (Å²) in [7, 11) is 0. The summed E-state index contributed by atoms with van der Waals surface area (Å²) in [6.45, 7) is 0.956. The van der Waals surface area contributed by atoms with Gasteiger partial charge >= 0.3 is 0 Å². The van der Waals surface area contributed by atoms with Crippen molar-refractivity contribution in [2.45, 2.75) is 44.9 Å². The molecule has 1 amide bonds. The van der Waals surface area contributed by atoms with Gasteiger partial charge in [0.2, 0.25) is 5.91 Å². The third kappa shape index (κ3) is 5.17. The average Bonchev–Trinajstić information content (AvgIpc) is 3.71. The summed E-state index contributed by atoms with van der Waals surface area (Å²) in [4.78, 5) is 30.2. The molecular weight excluding hydrogens is 426 g/mol. The molecule has 0 aliphatic heterocycles. The summed E-state index contributed by atoms with van der Waals surface area (Å²) in [5.74, 6) is 1.48. The molecule has 1 fully saturated rings. The lowest BCUT2D eigenvalue weighted by Crippen LogP contribution is -2.27. The van der Waals surface area contributed by atoms with E-state index in [-0.39, 0.29) is 17.5 Å². The van der Waals surface area contributed by atoms with Gasteiger partial charge in [0.05, 0.1) is 10.9 Å². The zero-order valence-corrected chi connectivity index (χ0v) is 18.9. The Morgan fingerprint density at radius 3 is 2.41 bits per heavy atom. The maximum absolute atomic E-state index is 13.0. The Balaban J connectivity index is 1.15. The van der Waals surface area contributed by atoms with Crippen LogP contribution in [0, 0.1) is 0 Å². The SMILES string of the molecule is O=C(CCc1nc2ccccc2c(=O)n1C1CC1)NCc1ccc(COc2ccccc2)cc1. The quantitative estimate of drug-likeness (QED) is 0.403. The summed E-state index contributed by atoms with van der Waals surface area (Å²) in [6, 6.07) is 25.4. The zero-order chi connectivity index (χ0) is 23.3. The highest BCUT2D eigenvalue weighted by Crippen LogP contribution is 2.34. The van der Waals surface area contributed by atoms with Crippen LogP contribution in [0.5, 0.6) is 5.75 Å². The second-order valence-corrected chi connectivity index (χ2v) is 8.65. The van der Waals surface area contributed by atoms with E-state index in [2.05, 4.69) is 5.32 Å². The Hall–Kier alpha value is -3.93. The van der Waals surface area contributed by atoms with Crippen LogP contribution in [0.1, 0.15) is 42.3 Å². The molecule has 0 radical (unpaired) electrons. The largest absolute Gasteiger partial charge is 0.489 e. The van der Waals surface area contributed by atoms with Gasteiger partial charge in [-0.2, -0.15) is 0 Å². The van der Waals surface area contributed by atoms with Crippen LogP contribution >= 0.6 is 0 Å². The van der Waals surface area contributed by atoms with Crippen LogP contribution in [-0.2, 0) is 24.4 Å². The fourth-order valence-corrected chi connectivity index (χ4v) is 4.03. The van der Waals surface area contributed by atoms with Gasteiger partial charge < -0.3 is 10.1 Å². The number of rotatable bonds is 9. The summed E-state index contributed by atoms with van der Waals surface area (Å²) in [5, 5.41) is 3.62. The minimum absolute atomic E-state index is 0.000146. The highest BCUT2D eigenvalue weighted by atomic mass is 16.5. The lowest BCUT2D eigenvalue weighted by atomic mass is 10.1. The summed E-state index contributed by atoms with van der Waals surface area (Å²) >= 11 is 0. The first-order chi connectivity index (χ1) is 16.7. The minimum Gasteiger partial charge on any atom is -0.489 e. The van der Waals surface area contributed by atoms with Crippen molar-refractivity contribution in [3.8, 4) is 5.75 Å². The number of nitrogens with zero attached hydrogens (tertiary/aromatic N) is 2. The van der Waals surface area contributed by atoms with Gasteiger partial charge in [-0.05, 0) is 48.2 Å². The van der Waals surface area contributed by atoms with E-state index in [9.17, 15) is 9.59 Å². The first-order valence-corrected chi connectivity index (χ1v) is 11.7. The first-order valence-electron chi connectivity index (χ1n) is 11.7. The average molecular weight is 454 g/mol. The van der Waals surface area contributed by atoms with E-state index in [0.717, 1.165) is 29.7 Å². The molecule has 0 spiro atoms. The van der Waals surface area contributed by atoms with Crippen molar-refractivity contribution in [3.05, 3.63) is 106 Å². The third-order valence-electron chi connectivity index (χ3n) is 6.03. The van der Waals surface area contributed by atoms with Crippen molar-refractivity contribution in [2.75, 3.05) is 0 Å². The van der Waals surface area contributed by atoms with Gasteiger partial charge in [0.15, 0.2) is 0 Å². The molecule has 6 heteroatoms. The number of benzene rings is 3. The molecule has 4 aromatic rings. The summed E-state index contributed by atoms with van der Waals surface area (Å²) in [5.41, 5.74) is 2.78. The lowest BCUT2D eigenvalue weighted by Gasteiger charge is -2.13. The number of aryl methyl sites for hydroxylation is 1. The molecule has 5 rings (SSSR count). The van der Waals surface area contributed by atoms with Crippen molar-refractivity contribution in [1.82, 2.24) is 14.9 Å². The van der Waals surface area contributed by atoms with Crippen LogP contribution in [0.15, 0.2) is 83.7 Å². The van der Waals surface area contributed by atoms with Crippen LogP contribution in [0.25, 0.3) is 10.9 Å². The molecule has 0 bridgehead atoms. The molecule has 172 valence electrons. The molecule has 0 atom stereocenters. The molecule has 1 aromatic heterocycles. The van der Waals surface area contributed by atoms with Crippen molar-refractivity contribution < 1.29 is 9.53 Å². The van der Waals surface area contributed by atoms with Gasteiger partial charge in [-0.25, -0.2) is 4.98 Å². The van der Waals surface area contributed by atoms with Crippen molar-refractivity contribution in [3.63, 3.8) is 0 Å². The van der Waals surface area contributed by atoms with E-state index >= 15 is 0 Å². The van der Waals surface area contributed by atoms with Crippen LogP contribution in [0.3, 0.4) is 0 Å². The van der Waals surface area contributed by atoms with Gasteiger partial charge in [0.25, 0.3) is 5.56 Å². The Labute approximate surface area is 198 Å². The number of aromatic nitrogens is 2. The van der Waals surface area contributed by atoms with E-state index in [1.165, 1.54) is 0 Å². The third-order valence-corrected chi connectivity index (χ3v) is 6.03. The van der Waals surface area contributed by atoms with Crippen LogP contribution < -0.4 is 15.6 Å². The minimum atomic E-state index is -0.0544. The normalized spacial score (nSPS) is 13.1. The number of hydrogen-bond donors (Lipinski definition) is 1. The van der Waals surface area contributed by atoms with E-state index < -0.39 is 0 Å². The van der Waals surface area contributed by atoms with Gasteiger partial charge in [-0.15, -0.1) is 0 Å². The predicted octanol–water partition coefficient (Wildman–Crippen LogP) is 4.56. The van der Waals surface area contributed by atoms with E-state index in [1.807, 2.05) is 78.9 Å². The lowest BCUT2D eigenvalue weighted by molar-refractivity contribution is -0.121. The number of fused-ring (bicyclic) bond motifs is 1. The number of para-hydroxylation sites is 2. The number of amides is 1. The van der Waals surface area contributed by atoms with Crippen LogP contribution in [0.2, 0.25) is 0 Å². The van der Waals surface area contributed by atoms with Crippen molar-refractivity contribution >= 4 is 16.8 Å². The first kappa shape index (κ1) is 21.9. The Morgan fingerprint density at radius 2 is 1.65 bits per heavy atom. The van der Waals surface area contributed by atoms with Crippen molar-refractivity contribution in [1.29, 1.82) is 0 Å². The van der Waals surface area contributed by atoms with Gasteiger partial charge in [-0.3, -0.25) is 14.2 Å². The van der Waals surface area contributed by atoms with Crippen molar-refractivity contribution in [2.24, 2.45) is 0 Å².